The molecule has 6 heteroatoms. The van der Waals surface area contributed by atoms with Crippen LogP contribution < -0.4 is 5.32 Å². The summed E-state index contributed by atoms with van der Waals surface area (Å²) in [5, 5.41) is 11.9. The molecule has 3 aromatic rings. The topological polar surface area (TPSA) is 95.1 Å². The van der Waals surface area contributed by atoms with Gasteiger partial charge in [0, 0.05) is 17.5 Å². The van der Waals surface area contributed by atoms with Gasteiger partial charge in [-0.15, -0.1) is 0 Å². The number of aromatic amines is 1. The predicted molar refractivity (Wildman–Crippen MR) is 117 cm³/mol. The monoisotopic (exact) mass is 405 g/mol. The van der Waals surface area contributed by atoms with Gasteiger partial charge in [0.25, 0.3) is 0 Å². The Labute approximate surface area is 176 Å². The molecule has 0 unspecified atom stereocenters. The number of aromatic nitrogens is 2. The Morgan fingerprint density at radius 1 is 0.967 bits per heavy atom. The van der Waals surface area contributed by atoms with Crippen molar-refractivity contribution in [3.63, 3.8) is 0 Å². The molecule has 2 aromatic carbocycles. The molecule has 0 radical (unpaired) electrons. The summed E-state index contributed by atoms with van der Waals surface area (Å²) >= 11 is 0. The minimum atomic E-state index is -1.08. The molecule has 0 saturated carbocycles. The average molecular weight is 405 g/mol. The maximum atomic E-state index is 11.4. The largest absolute Gasteiger partial charge is 0.465 e. The number of carbonyl (C=O) groups excluding carboxylic acids is 1. The second kappa shape index (κ2) is 10.4. The minimum absolute atomic E-state index is 0.182. The van der Waals surface area contributed by atoms with Crippen molar-refractivity contribution in [3.8, 4) is 22.5 Å². The van der Waals surface area contributed by atoms with Crippen molar-refractivity contribution in [2.75, 3.05) is 0 Å². The number of Topliss-reactive ketones (excluding diaryl/α,β-unsaturated/α-hetero) is 1. The van der Waals surface area contributed by atoms with E-state index in [0.29, 0.717) is 18.7 Å². The van der Waals surface area contributed by atoms with E-state index in [-0.39, 0.29) is 5.78 Å². The van der Waals surface area contributed by atoms with Crippen molar-refractivity contribution in [2.24, 2.45) is 0 Å². The van der Waals surface area contributed by atoms with Crippen molar-refractivity contribution < 1.29 is 14.7 Å². The number of nitrogens with zero attached hydrogens (tertiary/aromatic N) is 1. The number of H-pyrrole nitrogens is 1. The van der Waals surface area contributed by atoms with Gasteiger partial charge >= 0.3 is 6.09 Å². The molecule has 0 aliphatic heterocycles. The van der Waals surface area contributed by atoms with Crippen LogP contribution in [0.4, 0.5) is 4.79 Å². The van der Waals surface area contributed by atoms with Gasteiger partial charge in [0.05, 0.1) is 17.4 Å². The highest BCUT2D eigenvalue weighted by Crippen LogP contribution is 2.32. The van der Waals surface area contributed by atoms with Crippen LogP contribution in [0, 0.1) is 0 Å². The highest BCUT2D eigenvalue weighted by Gasteiger charge is 2.21. The van der Waals surface area contributed by atoms with Crippen LogP contribution in [-0.2, 0) is 4.79 Å². The highest BCUT2D eigenvalue weighted by molar-refractivity contribution is 5.78. The van der Waals surface area contributed by atoms with Crippen molar-refractivity contribution in [3.05, 3.63) is 66.5 Å². The zero-order valence-electron chi connectivity index (χ0n) is 17.1. The number of carbonyl (C=O) groups is 2. The van der Waals surface area contributed by atoms with Gasteiger partial charge in [-0.3, -0.25) is 0 Å². The third-order valence-corrected chi connectivity index (χ3v) is 4.98. The van der Waals surface area contributed by atoms with Crippen LogP contribution >= 0.6 is 0 Å². The number of ketones is 1. The van der Waals surface area contributed by atoms with E-state index in [4.69, 9.17) is 4.98 Å². The van der Waals surface area contributed by atoms with Crippen molar-refractivity contribution in [1.82, 2.24) is 15.3 Å². The Bertz CT molecular complexity index is 911. The molecular weight excluding hydrogens is 378 g/mol. The zero-order valence-corrected chi connectivity index (χ0v) is 17.1. The van der Waals surface area contributed by atoms with Crippen LogP contribution in [0.2, 0.25) is 0 Å². The second-order valence-corrected chi connectivity index (χ2v) is 7.38. The van der Waals surface area contributed by atoms with Crippen LogP contribution in [-0.4, -0.2) is 27.0 Å². The van der Waals surface area contributed by atoms with Gasteiger partial charge in [-0.05, 0) is 19.8 Å². The summed E-state index contributed by atoms with van der Waals surface area (Å²) in [6, 6.07) is 19.3. The van der Waals surface area contributed by atoms with Crippen LogP contribution in [0.3, 0.4) is 0 Å². The van der Waals surface area contributed by atoms with Gasteiger partial charge in [-0.25, -0.2) is 9.78 Å². The lowest BCUT2D eigenvalue weighted by atomic mass is 10.1. The molecule has 1 amide bonds. The number of carboxylic acid groups (broad SMARTS) is 1. The number of hydrogen-bond donors (Lipinski definition) is 3. The summed E-state index contributed by atoms with van der Waals surface area (Å²) in [6.45, 7) is 1.59. The van der Waals surface area contributed by atoms with Gasteiger partial charge in [0.15, 0.2) is 0 Å². The first-order valence-electron chi connectivity index (χ1n) is 10.2. The van der Waals surface area contributed by atoms with E-state index < -0.39 is 12.1 Å². The second-order valence-electron chi connectivity index (χ2n) is 7.38. The minimum Gasteiger partial charge on any atom is -0.465 e. The lowest BCUT2D eigenvalue weighted by molar-refractivity contribution is -0.117. The number of imidazole rings is 1. The van der Waals surface area contributed by atoms with Crippen molar-refractivity contribution in [2.45, 2.75) is 45.1 Å². The van der Waals surface area contributed by atoms with Gasteiger partial charge in [-0.1, -0.05) is 73.5 Å². The first-order valence-corrected chi connectivity index (χ1v) is 10.2. The van der Waals surface area contributed by atoms with E-state index in [1.165, 1.54) is 0 Å². The number of amides is 1. The number of benzene rings is 2. The maximum Gasteiger partial charge on any atom is 0.405 e. The van der Waals surface area contributed by atoms with Crippen LogP contribution in [0.1, 0.15) is 50.9 Å². The first-order chi connectivity index (χ1) is 14.5. The summed E-state index contributed by atoms with van der Waals surface area (Å²) < 4.78 is 0. The fraction of sp³-hybridized carbons (Fsp3) is 0.292. The lowest BCUT2D eigenvalue weighted by Gasteiger charge is -2.14. The molecule has 1 heterocycles. The van der Waals surface area contributed by atoms with Gasteiger partial charge < -0.3 is 20.2 Å². The molecule has 0 aliphatic carbocycles. The molecular formula is C24H27N3O3. The Morgan fingerprint density at radius 2 is 1.60 bits per heavy atom. The normalized spacial score (nSPS) is 11.8. The Hall–Kier alpha value is -3.41. The van der Waals surface area contributed by atoms with Crippen LogP contribution in [0.5, 0.6) is 0 Å². The molecule has 0 saturated heterocycles. The quantitative estimate of drug-likeness (QED) is 0.383. The molecule has 0 aliphatic rings. The number of nitrogens with one attached hydrogen (secondary N) is 2. The van der Waals surface area contributed by atoms with Gasteiger partial charge in [-0.2, -0.15) is 0 Å². The molecule has 3 N–H and O–H groups in total. The van der Waals surface area contributed by atoms with Crippen molar-refractivity contribution in [1.29, 1.82) is 0 Å². The van der Waals surface area contributed by atoms with E-state index in [1.807, 2.05) is 60.7 Å². The van der Waals surface area contributed by atoms with E-state index >= 15 is 0 Å². The fourth-order valence-electron chi connectivity index (χ4n) is 3.50. The van der Waals surface area contributed by atoms with Crippen molar-refractivity contribution >= 4 is 11.9 Å². The Kier molecular flexibility index (Phi) is 7.38. The zero-order chi connectivity index (χ0) is 21.3. The third kappa shape index (κ3) is 5.80. The SMILES string of the molecule is CC(=O)CCCCC[C@H](NC(=O)O)c1nc(-c2ccccc2)c(-c2ccccc2)[nH]1. The van der Waals surface area contributed by atoms with Crippen LogP contribution in [0.15, 0.2) is 60.7 Å². The van der Waals surface area contributed by atoms with E-state index in [9.17, 15) is 14.7 Å². The summed E-state index contributed by atoms with van der Waals surface area (Å²) in [7, 11) is 0. The first kappa shape index (κ1) is 21.3. The molecule has 0 bridgehead atoms. The van der Waals surface area contributed by atoms with Crippen LogP contribution in [0.25, 0.3) is 22.5 Å². The fourth-order valence-corrected chi connectivity index (χ4v) is 3.50. The smallest absolute Gasteiger partial charge is 0.405 e. The molecule has 156 valence electrons. The molecule has 6 nitrogen and oxygen atoms in total. The highest BCUT2D eigenvalue weighted by atomic mass is 16.4. The number of hydrogen-bond acceptors (Lipinski definition) is 3. The van der Waals surface area contributed by atoms with E-state index in [0.717, 1.165) is 41.8 Å². The third-order valence-electron chi connectivity index (χ3n) is 4.98. The summed E-state index contributed by atoms with van der Waals surface area (Å²) in [5.74, 6) is 0.780. The Morgan fingerprint density at radius 3 is 2.20 bits per heavy atom. The Balaban J connectivity index is 1.88. The summed E-state index contributed by atoms with van der Waals surface area (Å²) in [6.07, 6.45) is 2.59. The van der Waals surface area contributed by atoms with E-state index in [1.54, 1.807) is 6.92 Å². The molecule has 3 rings (SSSR count). The molecule has 0 spiro atoms. The number of rotatable bonds is 10. The summed E-state index contributed by atoms with van der Waals surface area (Å²) in [4.78, 5) is 30.7. The number of unbranched alkanes of at least 4 members (excludes halogenated alkanes) is 2. The molecule has 1 aromatic heterocycles. The van der Waals surface area contributed by atoms with Gasteiger partial charge in [0.2, 0.25) is 0 Å². The van der Waals surface area contributed by atoms with Gasteiger partial charge in [0.1, 0.15) is 11.6 Å². The molecule has 0 fully saturated rings. The molecule has 30 heavy (non-hydrogen) atoms. The maximum absolute atomic E-state index is 11.4. The standard InChI is InChI=1S/C24H27N3O3/c1-17(28)11-5-2-10-16-20(25-24(29)30)23-26-21(18-12-6-3-7-13-18)22(27-23)19-14-8-4-9-15-19/h3-4,6-9,12-15,20,25H,2,5,10-11,16H2,1H3,(H,26,27)(H,29,30)/t20-/m0/s1. The lowest BCUT2D eigenvalue weighted by Crippen LogP contribution is -2.27. The predicted octanol–water partition coefficient (Wildman–Crippen LogP) is 5.59. The van der Waals surface area contributed by atoms with E-state index in [2.05, 4.69) is 10.3 Å². The molecule has 1 atom stereocenters. The average Bonchev–Trinajstić information content (AvgIpc) is 3.19. The summed E-state index contributed by atoms with van der Waals surface area (Å²) in [5.41, 5.74) is 3.62.